The van der Waals surface area contributed by atoms with Gasteiger partial charge in [0, 0.05) is 9.13 Å². The molecule has 0 aromatic heterocycles. The summed E-state index contributed by atoms with van der Waals surface area (Å²) in [5.74, 6) is 0.206. The van der Waals surface area contributed by atoms with E-state index in [1.807, 2.05) is 36.4 Å². The molecule has 2 aromatic rings. The first kappa shape index (κ1) is 12.9. The monoisotopic (exact) mass is 353 g/mol. The smallest absolute Gasteiger partial charge is 0.248 e. The van der Waals surface area contributed by atoms with E-state index < -0.39 is 5.91 Å². The Balaban J connectivity index is 2.12. The highest BCUT2D eigenvalue weighted by molar-refractivity contribution is 14.1. The van der Waals surface area contributed by atoms with Crippen molar-refractivity contribution in [3.8, 4) is 5.75 Å². The first-order valence-corrected chi connectivity index (χ1v) is 6.50. The molecule has 0 heterocycles. The van der Waals surface area contributed by atoms with E-state index in [1.165, 1.54) is 0 Å². The summed E-state index contributed by atoms with van der Waals surface area (Å²) in [6.45, 7) is 0.471. The van der Waals surface area contributed by atoms with Crippen molar-refractivity contribution in [1.82, 2.24) is 0 Å². The summed E-state index contributed by atoms with van der Waals surface area (Å²) in [6, 6.07) is 15.1. The standard InChI is InChI=1S/C14H12INO2/c15-12-6-11(14(16)17)7-13(8-12)18-9-10-4-2-1-3-5-10/h1-8H,9H2,(H2,16,17). The first-order chi connectivity index (χ1) is 8.65. The van der Waals surface area contributed by atoms with Crippen LogP contribution in [0.3, 0.4) is 0 Å². The third kappa shape index (κ3) is 3.46. The van der Waals surface area contributed by atoms with Gasteiger partial charge in [-0.2, -0.15) is 0 Å². The maximum absolute atomic E-state index is 11.1. The molecule has 0 fully saturated rings. The second-order valence-corrected chi connectivity index (χ2v) is 5.06. The van der Waals surface area contributed by atoms with Gasteiger partial charge in [-0.15, -0.1) is 0 Å². The maximum Gasteiger partial charge on any atom is 0.248 e. The summed E-state index contributed by atoms with van der Waals surface area (Å²) >= 11 is 2.13. The van der Waals surface area contributed by atoms with E-state index in [9.17, 15) is 4.79 Å². The van der Waals surface area contributed by atoms with E-state index in [0.29, 0.717) is 17.9 Å². The maximum atomic E-state index is 11.1. The van der Waals surface area contributed by atoms with Gasteiger partial charge in [0.1, 0.15) is 12.4 Å². The van der Waals surface area contributed by atoms with Crippen molar-refractivity contribution in [3.05, 3.63) is 63.2 Å². The lowest BCUT2D eigenvalue weighted by Gasteiger charge is -2.08. The van der Waals surface area contributed by atoms with Crippen molar-refractivity contribution in [3.63, 3.8) is 0 Å². The molecule has 0 aliphatic carbocycles. The first-order valence-electron chi connectivity index (χ1n) is 5.42. The third-order valence-corrected chi connectivity index (χ3v) is 3.03. The fourth-order valence-electron chi connectivity index (χ4n) is 1.53. The zero-order chi connectivity index (χ0) is 13.0. The van der Waals surface area contributed by atoms with E-state index >= 15 is 0 Å². The molecular formula is C14H12INO2. The van der Waals surface area contributed by atoms with Gasteiger partial charge in [-0.1, -0.05) is 30.3 Å². The molecule has 0 aliphatic heterocycles. The molecule has 0 bridgehead atoms. The third-order valence-electron chi connectivity index (χ3n) is 2.40. The average Bonchev–Trinajstić information content (AvgIpc) is 2.37. The minimum absolute atomic E-state index is 0.446. The number of hydrogen-bond acceptors (Lipinski definition) is 2. The summed E-state index contributed by atoms with van der Waals surface area (Å²) in [5, 5.41) is 0. The highest BCUT2D eigenvalue weighted by Gasteiger charge is 2.05. The van der Waals surface area contributed by atoms with E-state index in [1.54, 1.807) is 12.1 Å². The molecule has 3 nitrogen and oxygen atoms in total. The topological polar surface area (TPSA) is 52.3 Å². The summed E-state index contributed by atoms with van der Waals surface area (Å²) < 4.78 is 6.57. The van der Waals surface area contributed by atoms with Gasteiger partial charge < -0.3 is 10.5 Å². The van der Waals surface area contributed by atoms with Gasteiger partial charge in [0.15, 0.2) is 0 Å². The molecule has 1 amide bonds. The van der Waals surface area contributed by atoms with Crippen LogP contribution in [0.25, 0.3) is 0 Å². The van der Waals surface area contributed by atoms with Gasteiger partial charge in [-0.25, -0.2) is 0 Å². The predicted molar refractivity (Wildman–Crippen MR) is 78.5 cm³/mol. The summed E-state index contributed by atoms with van der Waals surface area (Å²) in [4.78, 5) is 11.1. The number of halogens is 1. The van der Waals surface area contributed by atoms with Gasteiger partial charge in [-0.05, 0) is 46.4 Å². The fraction of sp³-hybridized carbons (Fsp3) is 0.0714. The molecule has 2 rings (SSSR count). The Morgan fingerprint density at radius 2 is 1.89 bits per heavy atom. The molecule has 0 aliphatic rings. The Morgan fingerprint density at radius 3 is 2.56 bits per heavy atom. The molecule has 0 spiro atoms. The van der Waals surface area contributed by atoms with Gasteiger partial charge in [0.2, 0.25) is 5.91 Å². The Bertz CT molecular complexity index is 555. The highest BCUT2D eigenvalue weighted by atomic mass is 127. The number of benzene rings is 2. The lowest BCUT2D eigenvalue weighted by atomic mass is 10.2. The number of hydrogen-bond donors (Lipinski definition) is 1. The van der Waals surface area contributed by atoms with Crippen LogP contribution in [0.5, 0.6) is 5.75 Å². The highest BCUT2D eigenvalue weighted by Crippen LogP contribution is 2.19. The van der Waals surface area contributed by atoms with E-state index in [-0.39, 0.29) is 0 Å². The predicted octanol–water partition coefficient (Wildman–Crippen LogP) is 2.97. The van der Waals surface area contributed by atoms with Crippen LogP contribution in [-0.2, 0) is 6.61 Å². The van der Waals surface area contributed by atoms with Crippen molar-refractivity contribution < 1.29 is 9.53 Å². The second kappa shape index (κ2) is 5.86. The quantitative estimate of drug-likeness (QED) is 0.860. The number of rotatable bonds is 4. The van der Waals surface area contributed by atoms with E-state index in [0.717, 1.165) is 9.13 Å². The fourth-order valence-corrected chi connectivity index (χ4v) is 2.17. The molecule has 0 atom stereocenters. The normalized spacial score (nSPS) is 10.1. The van der Waals surface area contributed by atoms with E-state index in [4.69, 9.17) is 10.5 Å². The SMILES string of the molecule is NC(=O)c1cc(I)cc(OCc2ccccc2)c1. The lowest BCUT2D eigenvalue weighted by Crippen LogP contribution is -2.11. The Labute approximate surface area is 119 Å². The van der Waals surface area contributed by atoms with Crippen molar-refractivity contribution >= 4 is 28.5 Å². The lowest BCUT2D eigenvalue weighted by molar-refractivity contribution is 0.0999. The van der Waals surface area contributed by atoms with Gasteiger partial charge >= 0.3 is 0 Å². The number of nitrogens with two attached hydrogens (primary N) is 1. The second-order valence-electron chi connectivity index (χ2n) is 3.81. The zero-order valence-corrected chi connectivity index (χ0v) is 11.8. The number of carbonyl (C=O) groups is 1. The molecule has 0 saturated heterocycles. The molecule has 18 heavy (non-hydrogen) atoms. The zero-order valence-electron chi connectivity index (χ0n) is 9.60. The molecule has 92 valence electrons. The van der Waals surface area contributed by atoms with Gasteiger partial charge in [0.25, 0.3) is 0 Å². The molecule has 0 saturated carbocycles. The van der Waals surface area contributed by atoms with Crippen LogP contribution >= 0.6 is 22.6 Å². The van der Waals surface area contributed by atoms with Crippen LogP contribution in [0.15, 0.2) is 48.5 Å². The van der Waals surface area contributed by atoms with Crippen LogP contribution in [0.2, 0.25) is 0 Å². The minimum atomic E-state index is -0.446. The summed E-state index contributed by atoms with van der Waals surface area (Å²) in [6.07, 6.45) is 0. The minimum Gasteiger partial charge on any atom is -0.489 e. The Hall–Kier alpha value is -1.56. The molecule has 0 unspecified atom stereocenters. The number of ether oxygens (including phenoxy) is 1. The molecule has 4 heteroatoms. The van der Waals surface area contributed by atoms with Gasteiger partial charge in [-0.3, -0.25) is 4.79 Å². The Morgan fingerprint density at radius 1 is 1.17 bits per heavy atom. The largest absolute Gasteiger partial charge is 0.489 e. The summed E-state index contributed by atoms with van der Waals surface area (Å²) in [7, 11) is 0. The Kier molecular flexibility index (Phi) is 4.19. The number of primary amides is 1. The van der Waals surface area contributed by atoms with Crippen LogP contribution in [0, 0.1) is 3.57 Å². The van der Waals surface area contributed by atoms with Crippen molar-refractivity contribution in [1.29, 1.82) is 0 Å². The average molecular weight is 353 g/mol. The summed E-state index contributed by atoms with van der Waals surface area (Å²) in [5.41, 5.74) is 6.80. The van der Waals surface area contributed by atoms with E-state index in [2.05, 4.69) is 22.6 Å². The molecule has 2 N–H and O–H groups in total. The molecular weight excluding hydrogens is 341 g/mol. The van der Waals surface area contributed by atoms with Gasteiger partial charge in [0.05, 0.1) is 0 Å². The van der Waals surface area contributed by atoms with Crippen molar-refractivity contribution in [2.45, 2.75) is 6.61 Å². The number of carbonyl (C=O) groups excluding carboxylic acids is 1. The molecule has 0 radical (unpaired) electrons. The number of amides is 1. The van der Waals surface area contributed by atoms with Crippen LogP contribution in [-0.4, -0.2) is 5.91 Å². The van der Waals surface area contributed by atoms with Crippen molar-refractivity contribution in [2.75, 3.05) is 0 Å². The van der Waals surface area contributed by atoms with Crippen LogP contribution in [0.4, 0.5) is 0 Å². The van der Waals surface area contributed by atoms with Crippen LogP contribution in [0.1, 0.15) is 15.9 Å². The van der Waals surface area contributed by atoms with Crippen LogP contribution < -0.4 is 10.5 Å². The molecule has 2 aromatic carbocycles. The van der Waals surface area contributed by atoms with Crippen molar-refractivity contribution in [2.24, 2.45) is 5.73 Å².